The van der Waals surface area contributed by atoms with Crippen molar-refractivity contribution < 1.29 is 0 Å². The van der Waals surface area contributed by atoms with Crippen LogP contribution in [0.3, 0.4) is 0 Å². The summed E-state index contributed by atoms with van der Waals surface area (Å²) in [5.41, 5.74) is 0. The molecule has 0 nitrogen and oxygen atoms in total. The van der Waals surface area contributed by atoms with Gasteiger partial charge in [0.15, 0.2) is 0 Å². The molecular formula is C42H84. The molecule has 0 N–H and O–H groups in total. The lowest BCUT2D eigenvalue weighted by atomic mass is 10.0. The molecule has 0 saturated carbocycles. The maximum absolute atomic E-state index is 3.77. The smallest absolute Gasteiger partial charge is 0.0353 e. The fourth-order valence-corrected chi connectivity index (χ4v) is 6.03. The van der Waals surface area contributed by atoms with Gasteiger partial charge in [0.25, 0.3) is 0 Å². The minimum atomic E-state index is 1.21. The summed E-state index contributed by atoms with van der Waals surface area (Å²) in [6.45, 7) is 12.1. The highest BCUT2D eigenvalue weighted by atomic mass is 14.0. The SMILES string of the molecule is C=CCCCCCCCCCCCCCCCCCC.C=CCCCCCCCCCCCCCCCCCCCC. The van der Waals surface area contributed by atoms with Gasteiger partial charge in [-0.3, -0.25) is 0 Å². The largest absolute Gasteiger partial charge is 0.103 e. The van der Waals surface area contributed by atoms with Crippen LogP contribution in [-0.4, -0.2) is 0 Å². The van der Waals surface area contributed by atoms with Crippen LogP contribution in [0.2, 0.25) is 0 Å². The van der Waals surface area contributed by atoms with Gasteiger partial charge in [0.2, 0.25) is 0 Å². The van der Waals surface area contributed by atoms with Gasteiger partial charge in [0, 0.05) is 0 Å². The third-order valence-corrected chi connectivity index (χ3v) is 9.02. The average molecular weight is 589 g/mol. The van der Waals surface area contributed by atoms with Gasteiger partial charge in [-0.25, -0.2) is 0 Å². The van der Waals surface area contributed by atoms with Crippen molar-refractivity contribution in [3.63, 3.8) is 0 Å². The van der Waals surface area contributed by atoms with Crippen LogP contribution in [0, 0.1) is 0 Å². The quantitative estimate of drug-likeness (QED) is 0.0504. The zero-order valence-corrected chi connectivity index (χ0v) is 30.0. The minimum Gasteiger partial charge on any atom is -0.103 e. The lowest BCUT2D eigenvalue weighted by molar-refractivity contribution is 0.525. The van der Waals surface area contributed by atoms with Crippen molar-refractivity contribution in [2.24, 2.45) is 0 Å². The molecule has 0 saturated heterocycles. The van der Waals surface area contributed by atoms with Crippen LogP contribution in [0.25, 0.3) is 0 Å². The topological polar surface area (TPSA) is 0 Å². The first-order chi connectivity index (χ1) is 20.8. The van der Waals surface area contributed by atoms with Gasteiger partial charge in [-0.2, -0.15) is 0 Å². The van der Waals surface area contributed by atoms with Gasteiger partial charge in [-0.05, 0) is 25.7 Å². The molecule has 0 atom stereocenters. The highest BCUT2D eigenvalue weighted by Gasteiger charge is 1.96. The predicted octanol–water partition coefficient (Wildman–Crippen LogP) is 16.4. The molecule has 0 heteroatoms. The fraction of sp³-hybridized carbons (Fsp3) is 0.905. The normalized spacial score (nSPS) is 10.9. The molecule has 0 aliphatic rings. The van der Waals surface area contributed by atoms with E-state index in [0.717, 1.165) is 0 Å². The molecule has 0 aromatic carbocycles. The summed E-state index contributed by atoms with van der Waals surface area (Å²) >= 11 is 0. The van der Waals surface area contributed by atoms with E-state index in [1.165, 1.54) is 231 Å². The van der Waals surface area contributed by atoms with Crippen LogP contribution in [0.1, 0.15) is 245 Å². The van der Waals surface area contributed by atoms with Crippen molar-refractivity contribution in [2.45, 2.75) is 245 Å². The van der Waals surface area contributed by atoms with Gasteiger partial charge in [0.1, 0.15) is 0 Å². The van der Waals surface area contributed by atoms with Crippen molar-refractivity contribution in [3.05, 3.63) is 25.3 Å². The van der Waals surface area contributed by atoms with Gasteiger partial charge in [-0.15, -0.1) is 13.2 Å². The Balaban J connectivity index is 0. The summed E-state index contributed by atoms with van der Waals surface area (Å²) in [5, 5.41) is 0. The molecule has 0 rings (SSSR count). The number of allylic oxidation sites excluding steroid dienone is 2. The number of rotatable bonds is 36. The van der Waals surface area contributed by atoms with Crippen molar-refractivity contribution in [3.8, 4) is 0 Å². The molecule has 0 fully saturated rings. The summed E-state index contributed by atoms with van der Waals surface area (Å²) in [7, 11) is 0. The van der Waals surface area contributed by atoms with Crippen LogP contribution in [0.15, 0.2) is 25.3 Å². The third-order valence-electron chi connectivity index (χ3n) is 9.02. The molecule has 252 valence electrons. The van der Waals surface area contributed by atoms with E-state index in [2.05, 4.69) is 27.0 Å². The molecule has 0 spiro atoms. The number of unbranched alkanes of at least 4 members (excludes halogenated alkanes) is 34. The predicted molar refractivity (Wildman–Crippen MR) is 198 cm³/mol. The van der Waals surface area contributed by atoms with Crippen LogP contribution in [-0.2, 0) is 0 Å². The molecule has 0 unspecified atom stereocenters. The number of hydrogen-bond donors (Lipinski definition) is 0. The standard InChI is InChI=1S/C22H44.C20H40/c1-3-5-7-9-11-13-15-17-19-21-22-20-18-16-14-12-10-8-6-4-2;1-3-5-7-9-11-13-15-17-19-20-18-16-14-12-10-8-6-4-2/h3H,1,4-22H2,2H3;3H,1,4-20H2,2H3. The van der Waals surface area contributed by atoms with Crippen molar-refractivity contribution >= 4 is 0 Å². The first-order valence-corrected chi connectivity index (χ1v) is 20.0. The van der Waals surface area contributed by atoms with E-state index in [0.29, 0.717) is 0 Å². The molecular weight excluding hydrogens is 504 g/mol. The minimum absolute atomic E-state index is 1.21. The van der Waals surface area contributed by atoms with Crippen molar-refractivity contribution in [2.75, 3.05) is 0 Å². The van der Waals surface area contributed by atoms with E-state index in [1.807, 2.05) is 12.2 Å². The van der Waals surface area contributed by atoms with E-state index in [4.69, 9.17) is 0 Å². The summed E-state index contributed by atoms with van der Waals surface area (Å²) in [6, 6.07) is 0. The highest BCUT2D eigenvalue weighted by Crippen LogP contribution is 2.16. The van der Waals surface area contributed by atoms with Crippen LogP contribution < -0.4 is 0 Å². The average Bonchev–Trinajstić information content (AvgIpc) is 3.00. The third kappa shape index (κ3) is 46.4. The first-order valence-electron chi connectivity index (χ1n) is 20.0. The van der Waals surface area contributed by atoms with Crippen molar-refractivity contribution in [1.29, 1.82) is 0 Å². The first kappa shape index (κ1) is 43.6. The Kier molecular flexibility index (Phi) is 46.6. The van der Waals surface area contributed by atoms with Gasteiger partial charge >= 0.3 is 0 Å². The van der Waals surface area contributed by atoms with E-state index in [9.17, 15) is 0 Å². The second-order valence-electron chi connectivity index (χ2n) is 13.5. The zero-order valence-electron chi connectivity index (χ0n) is 30.0. The van der Waals surface area contributed by atoms with E-state index < -0.39 is 0 Å². The maximum Gasteiger partial charge on any atom is -0.0353 e. The Labute approximate surface area is 269 Å². The lowest BCUT2D eigenvalue weighted by Crippen LogP contribution is -1.84. The van der Waals surface area contributed by atoms with Crippen LogP contribution in [0.5, 0.6) is 0 Å². The highest BCUT2D eigenvalue weighted by molar-refractivity contribution is 4.66. The Morgan fingerprint density at radius 2 is 0.381 bits per heavy atom. The molecule has 0 aromatic heterocycles. The molecule has 0 radical (unpaired) electrons. The van der Waals surface area contributed by atoms with Crippen molar-refractivity contribution in [1.82, 2.24) is 0 Å². The Bertz CT molecular complexity index is 449. The second-order valence-corrected chi connectivity index (χ2v) is 13.5. The number of hydrogen-bond acceptors (Lipinski definition) is 0. The molecule has 0 heterocycles. The molecule has 0 aliphatic heterocycles. The molecule has 42 heavy (non-hydrogen) atoms. The van der Waals surface area contributed by atoms with E-state index in [1.54, 1.807) is 0 Å². The monoisotopic (exact) mass is 589 g/mol. The summed E-state index contributed by atoms with van der Waals surface area (Å²) < 4.78 is 0. The molecule has 0 aromatic rings. The molecule has 0 bridgehead atoms. The molecule has 0 amide bonds. The van der Waals surface area contributed by atoms with Gasteiger partial charge in [-0.1, -0.05) is 231 Å². The summed E-state index contributed by atoms with van der Waals surface area (Å²) in [6.07, 6.45) is 55.9. The maximum atomic E-state index is 3.77. The van der Waals surface area contributed by atoms with E-state index in [-0.39, 0.29) is 0 Å². The molecule has 0 aliphatic carbocycles. The Morgan fingerprint density at radius 1 is 0.238 bits per heavy atom. The summed E-state index contributed by atoms with van der Waals surface area (Å²) in [4.78, 5) is 0. The lowest BCUT2D eigenvalue weighted by Gasteiger charge is -2.03. The van der Waals surface area contributed by atoms with Crippen LogP contribution >= 0.6 is 0 Å². The Hall–Kier alpha value is -0.520. The fourth-order valence-electron chi connectivity index (χ4n) is 6.03. The van der Waals surface area contributed by atoms with E-state index >= 15 is 0 Å². The van der Waals surface area contributed by atoms with Crippen LogP contribution in [0.4, 0.5) is 0 Å². The zero-order chi connectivity index (χ0) is 30.9. The summed E-state index contributed by atoms with van der Waals surface area (Å²) in [5.74, 6) is 0. The van der Waals surface area contributed by atoms with Gasteiger partial charge in [0.05, 0.1) is 0 Å². The second kappa shape index (κ2) is 44.9. The Morgan fingerprint density at radius 3 is 0.524 bits per heavy atom. The van der Waals surface area contributed by atoms with Gasteiger partial charge < -0.3 is 0 Å².